The highest BCUT2D eigenvalue weighted by Crippen LogP contribution is 2.33. The second-order valence-electron chi connectivity index (χ2n) is 5.05. The predicted molar refractivity (Wildman–Crippen MR) is 73.6 cm³/mol. The van der Waals surface area contributed by atoms with Crippen molar-refractivity contribution >= 4 is 11.9 Å². The van der Waals surface area contributed by atoms with Gasteiger partial charge in [-0.15, -0.1) is 0 Å². The third kappa shape index (κ3) is 2.57. The first-order valence-corrected chi connectivity index (χ1v) is 6.76. The molecule has 0 radical (unpaired) electrons. The van der Waals surface area contributed by atoms with Crippen molar-refractivity contribution in [3.8, 4) is 5.75 Å². The molecule has 1 fully saturated rings. The fourth-order valence-electron chi connectivity index (χ4n) is 2.34. The number of hydrogen-bond acceptors (Lipinski definition) is 4. The second-order valence-corrected chi connectivity index (χ2v) is 5.05. The highest BCUT2D eigenvalue weighted by atomic mass is 19.1. The maximum Gasteiger partial charge on any atom is 0.331 e. The Morgan fingerprint density at radius 2 is 2.14 bits per heavy atom. The van der Waals surface area contributed by atoms with E-state index in [1.165, 1.54) is 24.1 Å². The Balaban J connectivity index is 2.20. The van der Waals surface area contributed by atoms with E-state index in [4.69, 9.17) is 9.47 Å². The Kier molecular flexibility index (Phi) is 4.16. The fraction of sp³-hybridized carbons (Fsp3) is 0.467. The molecule has 1 amide bonds. The summed E-state index contributed by atoms with van der Waals surface area (Å²) in [7, 11) is 1.35. The van der Waals surface area contributed by atoms with Crippen molar-refractivity contribution in [2.45, 2.75) is 25.8 Å². The van der Waals surface area contributed by atoms with Gasteiger partial charge in [0.05, 0.1) is 13.7 Å². The van der Waals surface area contributed by atoms with Crippen LogP contribution in [0.3, 0.4) is 0 Å². The largest absolute Gasteiger partial charge is 0.494 e. The summed E-state index contributed by atoms with van der Waals surface area (Å²) >= 11 is 0. The maximum atomic E-state index is 13.7. The smallest absolute Gasteiger partial charge is 0.331 e. The normalized spacial score (nSPS) is 20.7. The van der Waals surface area contributed by atoms with E-state index in [9.17, 15) is 14.0 Å². The van der Waals surface area contributed by atoms with E-state index < -0.39 is 23.2 Å². The summed E-state index contributed by atoms with van der Waals surface area (Å²) in [6, 6.07) is 3.99. The number of carbonyl (C=O) groups excluding carboxylic acids is 2. The van der Waals surface area contributed by atoms with Crippen LogP contribution in [0, 0.1) is 5.82 Å². The molecule has 0 N–H and O–H groups in total. The Morgan fingerprint density at radius 3 is 2.62 bits per heavy atom. The monoisotopic (exact) mass is 295 g/mol. The number of likely N-dealkylation sites (tertiary alicyclic amines) is 1. The first kappa shape index (κ1) is 15.3. The molecule has 1 aliphatic rings. The van der Waals surface area contributed by atoms with Crippen molar-refractivity contribution in [1.82, 2.24) is 4.90 Å². The lowest BCUT2D eigenvalue weighted by atomic mass is 9.86. The lowest BCUT2D eigenvalue weighted by Crippen LogP contribution is -2.65. The Labute approximate surface area is 122 Å². The van der Waals surface area contributed by atoms with Crippen LogP contribution in [0.1, 0.15) is 30.6 Å². The summed E-state index contributed by atoms with van der Waals surface area (Å²) in [6.07, 6.45) is 0.538. The van der Waals surface area contributed by atoms with Crippen molar-refractivity contribution in [3.05, 3.63) is 29.6 Å². The molecule has 0 aromatic heterocycles. The topological polar surface area (TPSA) is 55.8 Å². The molecular weight excluding hydrogens is 277 g/mol. The van der Waals surface area contributed by atoms with Crippen LogP contribution in [0.15, 0.2) is 18.2 Å². The van der Waals surface area contributed by atoms with Crippen LogP contribution in [0.5, 0.6) is 5.75 Å². The van der Waals surface area contributed by atoms with Crippen molar-refractivity contribution < 1.29 is 23.5 Å². The summed E-state index contributed by atoms with van der Waals surface area (Å²) in [5.74, 6) is -1.36. The highest BCUT2D eigenvalue weighted by molar-refractivity contribution is 5.99. The van der Waals surface area contributed by atoms with Crippen LogP contribution >= 0.6 is 0 Å². The molecule has 114 valence electrons. The first-order valence-electron chi connectivity index (χ1n) is 6.76. The molecule has 1 aromatic rings. The molecule has 5 nitrogen and oxygen atoms in total. The van der Waals surface area contributed by atoms with Gasteiger partial charge in [0.15, 0.2) is 11.6 Å². The number of esters is 1. The van der Waals surface area contributed by atoms with Gasteiger partial charge in [0.2, 0.25) is 0 Å². The zero-order valence-corrected chi connectivity index (χ0v) is 12.3. The van der Waals surface area contributed by atoms with E-state index in [1.54, 1.807) is 13.8 Å². The highest BCUT2D eigenvalue weighted by Gasteiger charge is 2.50. The van der Waals surface area contributed by atoms with Crippen molar-refractivity contribution in [2.75, 3.05) is 20.3 Å². The average Bonchev–Trinajstić information content (AvgIpc) is 2.45. The minimum atomic E-state index is -0.969. The van der Waals surface area contributed by atoms with Crippen LogP contribution in [0.4, 0.5) is 4.39 Å². The zero-order chi connectivity index (χ0) is 15.6. The van der Waals surface area contributed by atoms with Crippen LogP contribution in [0.2, 0.25) is 0 Å². The lowest BCUT2D eigenvalue weighted by molar-refractivity contribution is -0.162. The molecule has 0 saturated carbocycles. The molecule has 0 bridgehead atoms. The predicted octanol–water partition coefficient (Wildman–Crippen LogP) is 2.00. The third-order valence-corrected chi connectivity index (χ3v) is 3.78. The van der Waals surface area contributed by atoms with Crippen molar-refractivity contribution in [3.63, 3.8) is 0 Å². The van der Waals surface area contributed by atoms with Gasteiger partial charge in [-0.25, -0.2) is 9.18 Å². The van der Waals surface area contributed by atoms with E-state index in [1.807, 2.05) is 0 Å². The summed E-state index contributed by atoms with van der Waals surface area (Å²) in [5.41, 5.74) is -0.785. The van der Waals surface area contributed by atoms with Gasteiger partial charge in [-0.1, -0.05) is 0 Å². The van der Waals surface area contributed by atoms with Gasteiger partial charge in [0, 0.05) is 12.1 Å². The minimum Gasteiger partial charge on any atom is -0.494 e. The number of nitrogens with zero attached hydrogens (tertiary/aromatic N) is 1. The number of amides is 1. The van der Waals surface area contributed by atoms with Gasteiger partial charge < -0.3 is 14.4 Å². The molecular formula is C15H18FNO4. The summed E-state index contributed by atoms with van der Waals surface area (Å²) in [6.45, 7) is 4.08. The number of benzene rings is 1. The van der Waals surface area contributed by atoms with E-state index in [-0.39, 0.29) is 17.9 Å². The molecule has 6 heteroatoms. The molecule has 1 unspecified atom stereocenters. The van der Waals surface area contributed by atoms with Crippen LogP contribution in [-0.2, 0) is 9.53 Å². The van der Waals surface area contributed by atoms with E-state index in [0.29, 0.717) is 13.0 Å². The number of rotatable bonds is 4. The molecule has 2 rings (SSSR count). The molecule has 0 spiro atoms. The summed E-state index contributed by atoms with van der Waals surface area (Å²) in [4.78, 5) is 25.8. The van der Waals surface area contributed by atoms with Crippen molar-refractivity contribution in [1.29, 1.82) is 0 Å². The van der Waals surface area contributed by atoms with Crippen LogP contribution in [0.25, 0.3) is 0 Å². The first-order chi connectivity index (χ1) is 9.93. The quantitative estimate of drug-likeness (QED) is 0.797. The molecule has 0 aliphatic carbocycles. The Hall–Kier alpha value is -2.11. The van der Waals surface area contributed by atoms with Gasteiger partial charge in [0.1, 0.15) is 5.54 Å². The van der Waals surface area contributed by atoms with Gasteiger partial charge in [-0.3, -0.25) is 4.79 Å². The summed E-state index contributed by atoms with van der Waals surface area (Å²) < 4.78 is 23.5. The molecule has 1 aliphatic heterocycles. The minimum absolute atomic E-state index is 0.0725. The molecule has 21 heavy (non-hydrogen) atoms. The molecule has 1 atom stereocenters. The SMILES string of the molecule is CCOC(=O)C1(C)CCN1C(=O)c1ccc(OC)c(F)c1. The number of ether oxygens (including phenoxy) is 2. The van der Waals surface area contributed by atoms with E-state index >= 15 is 0 Å². The fourth-order valence-corrected chi connectivity index (χ4v) is 2.34. The third-order valence-electron chi connectivity index (χ3n) is 3.78. The van der Waals surface area contributed by atoms with Crippen LogP contribution < -0.4 is 4.74 Å². The zero-order valence-electron chi connectivity index (χ0n) is 12.3. The van der Waals surface area contributed by atoms with Gasteiger partial charge >= 0.3 is 5.97 Å². The lowest BCUT2D eigenvalue weighted by Gasteiger charge is -2.48. The second kappa shape index (κ2) is 5.71. The Bertz CT molecular complexity index is 575. The number of halogens is 1. The summed E-state index contributed by atoms with van der Waals surface area (Å²) in [5, 5.41) is 0. The number of carbonyl (C=O) groups is 2. The van der Waals surface area contributed by atoms with E-state index in [2.05, 4.69) is 0 Å². The van der Waals surface area contributed by atoms with Gasteiger partial charge in [-0.2, -0.15) is 0 Å². The molecule has 1 saturated heterocycles. The van der Waals surface area contributed by atoms with E-state index in [0.717, 1.165) is 6.07 Å². The number of methoxy groups -OCH3 is 1. The van der Waals surface area contributed by atoms with Gasteiger partial charge in [0.25, 0.3) is 5.91 Å². The van der Waals surface area contributed by atoms with Gasteiger partial charge in [-0.05, 0) is 38.5 Å². The van der Waals surface area contributed by atoms with Crippen LogP contribution in [-0.4, -0.2) is 42.6 Å². The standard InChI is InChI=1S/C15H18FNO4/c1-4-21-14(19)15(2)7-8-17(15)13(18)10-5-6-12(20-3)11(16)9-10/h5-6,9H,4,7-8H2,1-3H3. The maximum absolute atomic E-state index is 13.7. The Morgan fingerprint density at radius 1 is 1.43 bits per heavy atom. The average molecular weight is 295 g/mol. The number of hydrogen-bond donors (Lipinski definition) is 0. The molecule has 1 aromatic carbocycles. The molecule has 1 heterocycles. The van der Waals surface area contributed by atoms with Crippen molar-refractivity contribution in [2.24, 2.45) is 0 Å².